The third kappa shape index (κ3) is 67.8. The minimum atomic E-state index is -1.64. The predicted molar refractivity (Wildman–Crippen MR) is 370 cm³/mol. The van der Waals surface area contributed by atoms with Gasteiger partial charge in [0.05, 0.1) is 40.3 Å². The zero-order chi connectivity index (χ0) is 63.3. The molecule has 0 N–H and O–H groups in total. The molecule has 2 unspecified atom stereocenters. The van der Waals surface area contributed by atoms with Crippen LogP contribution in [0.5, 0.6) is 0 Å². The molecule has 0 amide bonds. The monoisotopic (exact) mass is 1200 g/mol. The number of aliphatic carboxylic acids is 1. The fourth-order valence-corrected chi connectivity index (χ4v) is 8.53. The molecular weight excluding hydrogens is 1080 g/mol. The lowest BCUT2D eigenvalue weighted by Crippen LogP contribution is -2.44. The van der Waals surface area contributed by atoms with E-state index in [0.29, 0.717) is 23.9 Å². The van der Waals surface area contributed by atoms with Crippen LogP contribution in [0.4, 0.5) is 0 Å². The lowest BCUT2D eigenvalue weighted by Gasteiger charge is -2.26. The van der Waals surface area contributed by atoms with Crippen LogP contribution in [0.2, 0.25) is 0 Å². The topological polar surface area (TPSA) is 111 Å². The highest BCUT2D eigenvalue weighted by Gasteiger charge is 2.22. The molecule has 9 nitrogen and oxygen atoms in total. The maximum absolute atomic E-state index is 12.9. The molecule has 0 rings (SSSR count). The number of hydrogen-bond acceptors (Lipinski definition) is 8. The van der Waals surface area contributed by atoms with E-state index in [4.69, 9.17) is 18.9 Å². The number of carboxylic acids is 1. The van der Waals surface area contributed by atoms with Crippen molar-refractivity contribution in [2.24, 2.45) is 0 Å². The number of hydrogen-bond donors (Lipinski definition) is 0. The van der Waals surface area contributed by atoms with Gasteiger partial charge in [-0.1, -0.05) is 267 Å². The largest absolute Gasteiger partial charge is 0.545 e. The molecular formula is C78H123NO8. The number of carbonyl (C=O) groups excluding carboxylic acids is 3. The Morgan fingerprint density at radius 3 is 0.920 bits per heavy atom. The number of esters is 2. The normalized spacial score (nSPS) is 13.9. The average molecular weight is 1200 g/mol. The average Bonchev–Trinajstić information content (AvgIpc) is 3.57. The summed E-state index contributed by atoms with van der Waals surface area (Å²) >= 11 is 0. The van der Waals surface area contributed by atoms with E-state index in [1.807, 2.05) is 21.1 Å². The minimum absolute atomic E-state index is 0.133. The summed E-state index contributed by atoms with van der Waals surface area (Å²) in [7, 11) is 5.91. The first-order chi connectivity index (χ1) is 42.6. The second kappa shape index (κ2) is 66.3. The van der Waals surface area contributed by atoms with E-state index >= 15 is 0 Å². The number of likely N-dealkylation sites (N-methyl/N-ethyl adjacent to an activating group) is 1. The Hall–Kier alpha value is -5.61. The molecule has 0 radical (unpaired) electrons. The molecule has 0 aliphatic rings. The van der Waals surface area contributed by atoms with Crippen molar-refractivity contribution >= 4 is 17.9 Å². The summed E-state index contributed by atoms with van der Waals surface area (Å²) in [6.45, 7) is 4.47. The molecule has 0 saturated heterocycles. The molecule has 0 fully saturated rings. The van der Waals surface area contributed by atoms with Crippen LogP contribution in [0.3, 0.4) is 0 Å². The number of carbonyl (C=O) groups is 3. The molecule has 0 aliphatic carbocycles. The minimum Gasteiger partial charge on any atom is -0.545 e. The maximum Gasteiger partial charge on any atom is 0.306 e. The molecule has 9 heteroatoms. The standard InChI is InChI=1S/C78H123NO8/c1-6-8-10-12-14-16-18-20-22-24-26-28-30-32-33-34-35-36-37-38-39-40-41-42-43-45-47-49-51-53-55-57-59-61-63-65-67-69-76(81)87-74(73-86-78(77(82)83)84-71-70-79(3,4)5)72-85-75(80)68-66-64-62-60-58-56-54-52-50-48-46-44-31-29-27-25-23-21-19-17-15-13-11-9-7-2/h8-11,14-17,20-23,26-29,32-33,35-36,38-39,41-42,44-47,50,52,74,78H,6-7,12-13,18-19,24-25,30-31,34,37,40,43,48-49,51,53-73H2,1-5H3/b10-8-,11-9-,16-14-,17-15-,22-20-,23-21-,28-26-,29-27-,33-32-,36-35-,39-38-,42-41-,46-44-,47-45-,52-50-. The third-order valence-electron chi connectivity index (χ3n) is 13.6. The SMILES string of the molecule is CC/C=C\C/C=C\C/C=C\C/C=C\C/C=C\C/C=C\C/C=C\C/C=C\C/C=C\CCCCCCCCCCCC(=O)OC(COC(=O)CCCCCCCC/C=C\C/C=C\C/C=C\C/C=C\C/C=C\C/C=C\CC)COC(OCC[N+](C)(C)C)C(=O)[O-]. The Kier molecular flexibility index (Phi) is 62.1. The highest BCUT2D eigenvalue weighted by Crippen LogP contribution is 2.15. The van der Waals surface area contributed by atoms with E-state index in [9.17, 15) is 19.5 Å². The van der Waals surface area contributed by atoms with Gasteiger partial charge in [0, 0.05) is 12.8 Å². The second-order valence-corrected chi connectivity index (χ2v) is 23.0. The van der Waals surface area contributed by atoms with Gasteiger partial charge in [0.1, 0.15) is 13.2 Å². The zero-order valence-electron chi connectivity index (χ0n) is 55.6. The van der Waals surface area contributed by atoms with Crippen molar-refractivity contribution in [1.82, 2.24) is 0 Å². The van der Waals surface area contributed by atoms with Gasteiger partial charge in [-0.05, 0) is 135 Å². The second-order valence-electron chi connectivity index (χ2n) is 23.0. The van der Waals surface area contributed by atoms with E-state index in [-0.39, 0.29) is 38.6 Å². The van der Waals surface area contributed by atoms with Gasteiger partial charge < -0.3 is 33.3 Å². The molecule has 0 spiro atoms. The highest BCUT2D eigenvalue weighted by molar-refractivity contribution is 5.70. The lowest BCUT2D eigenvalue weighted by atomic mass is 10.1. The number of allylic oxidation sites excluding steroid dienone is 30. The number of unbranched alkanes of at least 4 members (excludes halogenated alkanes) is 15. The summed E-state index contributed by atoms with van der Waals surface area (Å²) in [5.74, 6) is -2.33. The molecule has 0 aromatic rings. The van der Waals surface area contributed by atoms with Crippen LogP contribution in [0.25, 0.3) is 0 Å². The van der Waals surface area contributed by atoms with Gasteiger partial charge >= 0.3 is 11.9 Å². The van der Waals surface area contributed by atoms with E-state index in [1.165, 1.54) is 32.1 Å². The Balaban J connectivity index is 4.25. The van der Waals surface area contributed by atoms with Gasteiger partial charge in [0.25, 0.3) is 0 Å². The number of rotatable bonds is 60. The van der Waals surface area contributed by atoms with Crippen molar-refractivity contribution in [2.75, 3.05) is 47.5 Å². The van der Waals surface area contributed by atoms with Crippen LogP contribution in [0.15, 0.2) is 182 Å². The van der Waals surface area contributed by atoms with Gasteiger partial charge in [-0.2, -0.15) is 0 Å². The first-order valence-electron chi connectivity index (χ1n) is 33.9. The molecule has 0 aliphatic heterocycles. The number of nitrogens with zero attached hydrogens (tertiary/aromatic N) is 1. The van der Waals surface area contributed by atoms with Crippen molar-refractivity contribution in [3.05, 3.63) is 182 Å². The summed E-state index contributed by atoms with van der Waals surface area (Å²) in [5.41, 5.74) is 0. The summed E-state index contributed by atoms with van der Waals surface area (Å²) in [6.07, 6.45) is 98.1. The van der Waals surface area contributed by atoms with Crippen molar-refractivity contribution in [2.45, 2.75) is 245 Å². The van der Waals surface area contributed by atoms with Crippen LogP contribution in [-0.4, -0.2) is 82.3 Å². The predicted octanol–water partition coefficient (Wildman–Crippen LogP) is 19.9. The summed E-state index contributed by atoms with van der Waals surface area (Å²) in [5, 5.41) is 11.8. The van der Waals surface area contributed by atoms with E-state index < -0.39 is 24.3 Å². The van der Waals surface area contributed by atoms with E-state index in [2.05, 4.69) is 196 Å². The highest BCUT2D eigenvalue weighted by atomic mass is 16.7. The Bertz CT molecular complexity index is 2080. The van der Waals surface area contributed by atoms with E-state index in [0.717, 1.165) is 161 Å². The van der Waals surface area contributed by atoms with Crippen LogP contribution >= 0.6 is 0 Å². The number of quaternary nitrogens is 1. The molecule has 0 aromatic heterocycles. The van der Waals surface area contributed by atoms with Gasteiger partial charge in [-0.15, -0.1) is 0 Å². The van der Waals surface area contributed by atoms with Crippen molar-refractivity contribution in [3.63, 3.8) is 0 Å². The number of carboxylic acid groups (broad SMARTS) is 1. The Labute approximate surface area is 532 Å². The zero-order valence-corrected chi connectivity index (χ0v) is 55.6. The molecule has 488 valence electrons. The molecule has 0 aromatic carbocycles. The first kappa shape index (κ1) is 81.4. The molecule has 0 heterocycles. The summed E-state index contributed by atoms with van der Waals surface area (Å²) < 4.78 is 22.7. The van der Waals surface area contributed by atoms with Crippen molar-refractivity contribution < 1.29 is 42.9 Å². The van der Waals surface area contributed by atoms with E-state index in [1.54, 1.807) is 0 Å². The Morgan fingerprint density at radius 2 is 0.621 bits per heavy atom. The fraction of sp³-hybridized carbons (Fsp3) is 0.577. The first-order valence-corrected chi connectivity index (χ1v) is 33.9. The number of ether oxygens (including phenoxy) is 4. The Morgan fingerprint density at radius 1 is 0.345 bits per heavy atom. The smallest absolute Gasteiger partial charge is 0.306 e. The molecule has 0 saturated carbocycles. The van der Waals surface area contributed by atoms with Crippen LogP contribution in [0.1, 0.15) is 232 Å². The molecule has 2 atom stereocenters. The summed E-state index contributed by atoms with van der Waals surface area (Å²) in [6, 6.07) is 0. The quantitative estimate of drug-likeness (QED) is 0.0195. The van der Waals surface area contributed by atoms with Gasteiger partial charge in [0.2, 0.25) is 0 Å². The molecule has 87 heavy (non-hydrogen) atoms. The van der Waals surface area contributed by atoms with Crippen LogP contribution in [0, 0.1) is 0 Å². The van der Waals surface area contributed by atoms with Crippen molar-refractivity contribution in [3.8, 4) is 0 Å². The van der Waals surface area contributed by atoms with Crippen LogP contribution < -0.4 is 5.11 Å². The van der Waals surface area contributed by atoms with Gasteiger partial charge in [0.15, 0.2) is 12.4 Å². The fourth-order valence-electron chi connectivity index (χ4n) is 8.53. The van der Waals surface area contributed by atoms with Gasteiger partial charge in [-0.3, -0.25) is 9.59 Å². The lowest BCUT2D eigenvalue weighted by molar-refractivity contribution is -0.870. The van der Waals surface area contributed by atoms with Gasteiger partial charge in [-0.25, -0.2) is 0 Å². The third-order valence-corrected chi connectivity index (χ3v) is 13.6. The van der Waals surface area contributed by atoms with Crippen LogP contribution in [-0.2, 0) is 33.3 Å². The molecule has 0 bridgehead atoms. The maximum atomic E-state index is 12.9. The summed E-state index contributed by atoms with van der Waals surface area (Å²) in [4.78, 5) is 37.5. The van der Waals surface area contributed by atoms with Crippen molar-refractivity contribution in [1.29, 1.82) is 0 Å².